The zero-order valence-electron chi connectivity index (χ0n) is 13.8. The van der Waals surface area contributed by atoms with Gasteiger partial charge in [0.25, 0.3) is 0 Å². The first-order chi connectivity index (χ1) is 13.3. The Bertz CT molecular complexity index is 1250. The van der Waals surface area contributed by atoms with Crippen LogP contribution in [0.1, 0.15) is 5.56 Å². The van der Waals surface area contributed by atoms with Gasteiger partial charge in [0, 0.05) is 18.1 Å². The highest BCUT2D eigenvalue weighted by molar-refractivity contribution is 7.13. The third-order valence-corrected chi connectivity index (χ3v) is 5.30. The summed E-state index contributed by atoms with van der Waals surface area (Å²) in [5, 5.41) is 4.98. The van der Waals surface area contributed by atoms with Gasteiger partial charge in [0.1, 0.15) is 11.8 Å². The molecule has 0 fully saturated rings. The van der Waals surface area contributed by atoms with Crippen LogP contribution in [0, 0.1) is 0 Å². The van der Waals surface area contributed by atoms with Gasteiger partial charge in [0.2, 0.25) is 0 Å². The topological polar surface area (TPSA) is 92.3 Å². The van der Waals surface area contributed by atoms with Gasteiger partial charge in [-0.3, -0.25) is 4.98 Å². The van der Waals surface area contributed by atoms with Crippen molar-refractivity contribution in [3.8, 4) is 10.6 Å². The molecule has 7 nitrogen and oxygen atoms in total. The second-order valence-electron chi connectivity index (χ2n) is 5.85. The molecule has 0 bridgehead atoms. The second-order valence-corrected chi connectivity index (χ2v) is 7.14. The highest BCUT2D eigenvalue weighted by Gasteiger charge is 2.13. The number of para-hydroxylation sites is 1. The molecule has 0 amide bonds. The molecule has 5 aromatic rings. The van der Waals surface area contributed by atoms with Crippen LogP contribution in [0.25, 0.3) is 32.6 Å². The number of nitrogens with one attached hydrogen (secondary N) is 2. The molecular formula is C18H12ClN7S. The van der Waals surface area contributed by atoms with E-state index in [1.54, 1.807) is 23.2 Å². The van der Waals surface area contributed by atoms with Crippen LogP contribution in [0.3, 0.4) is 0 Å². The smallest absolute Gasteiger partial charge is 0.182 e. The Kier molecular flexibility index (Phi) is 3.92. The fourth-order valence-electron chi connectivity index (χ4n) is 2.96. The van der Waals surface area contributed by atoms with E-state index in [-0.39, 0.29) is 0 Å². The molecule has 0 saturated carbocycles. The zero-order chi connectivity index (χ0) is 18.2. The molecule has 0 unspecified atom stereocenters. The lowest BCUT2D eigenvalue weighted by Crippen LogP contribution is -2.05. The molecule has 0 atom stereocenters. The Balaban J connectivity index is 1.59. The molecule has 0 spiro atoms. The Morgan fingerprint density at radius 2 is 2.15 bits per heavy atom. The molecule has 0 saturated heterocycles. The third kappa shape index (κ3) is 2.88. The summed E-state index contributed by atoms with van der Waals surface area (Å²) in [6.45, 7) is 0.536. The van der Waals surface area contributed by atoms with Crippen LogP contribution in [0.4, 0.5) is 5.82 Å². The van der Waals surface area contributed by atoms with E-state index in [1.165, 1.54) is 6.33 Å². The molecule has 27 heavy (non-hydrogen) atoms. The summed E-state index contributed by atoms with van der Waals surface area (Å²) in [6, 6.07) is 7.88. The van der Waals surface area contributed by atoms with E-state index in [2.05, 4.69) is 36.3 Å². The maximum absolute atomic E-state index is 6.35. The van der Waals surface area contributed by atoms with Gasteiger partial charge in [-0.15, -0.1) is 11.3 Å². The fourth-order valence-corrected chi connectivity index (χ4v) is 3.83. The Labute approximate surface area is 162 Å². The molecule has 9 heteroatoms. The van der Waals surface area contributed by atoms with Gasteiger partial charge in [0.05, 0.1) is 32.9 Å². The third-order valence-electron chi connectivity index (χ3n) is 4.21. The van der Waals surface area contributed by atoms with E-state index >= 15 is 0 Å². The van der Waals surface area contributed by atoms with Crippen LogP contribution >= 0.6 is 22.9 Å². The largest absolute Gasteiger partial charge is 0.364 e. The minimum absolute atomic E-state index is 0.536. The van der Waals surface area contributed by atoms with Gasteiger partial charge in [-0.2, -0.15) is 0 Å². The molecule has 4 aromatic heterocycles. The number of aromatic amines is 1. The van der Waals surface area contributed by atoms with Crippen LogP contribution < -0.4 is 5.32 Å². The zero-order valence-corrected chi connectivity index (χ0v) is 15.4. The lowest BCUT2D eigenvalue weighted by Gasteiger charge is -2.12. The average Bonchev–Trinajstić information content (AvgIpc) is 3.38. The van der Waals surface area contributed by atoms with Crippen molar-refractivity contribution in [3.05, 3.63) is 59.2 Å². The second kappa shape index (κ2) is 6.57. The Morgan fingerprint density at radius 3 is 3.04 bits per heavy atom. The van der Waals surface area contributed by atoms with Crippen LogP contribution in [-0.4, -0.2) is 29.9 Å². The highest BCUT2D eigenvalue weighted by atomic mass is 35.5. The predicted molar refractivity (Wildman–Crippen MR) is 107 cm³/mol. The summed E-state index contributed by atoms with van der Waals surface area (Å²) in [4.78, 5) is 25.7. The molecule has 1 aromatic carbocycles. The summed E-state index contributed by atoms with van der Waals surface area (Å²) in [7, 11) is 0. The van der Waals surface area contributed by atoms with Gasteiger partial charge in [-0.25, -0.2) is 19.9 Å². The van der Waals surface area contributed by atoms with Gasteiger partial charge in [-0.05, 0) is 17.7 Å². The number of nitrogens with zero attached hydrogens (tertiary/aromatic N) is 5. The lowest BCUT2D eigenvalue weighted by molar-refractivity contribution is 1.09. The number of thiazole rings is 1. The summed E-state index contributed by atoms with van der Waals surface area (Å²) in [5.74, 6) is 0.693. The number of rotatable bonds is 4. The molecule has 0 aliphatic carbocycles. The molecule has 0 aliphatic rings. The average molecular weight is 394 g/mol. The van der Waals surface area contributed by atoms with Crippen molar-refractivity contribution < 1.29 is 0 Å². The van der Waals surface area contributed by atoms with E-state index in [4.69, 9.17) is 16.6 Å². The number of benzene rings is 1. The summed E-state index contributed by atoms with van der Waals surface area (Å²) in [6.07, 6.45) is 4.91. The number of H-pyrrole nitrogens is 1. The van der Waals surface area contributed by atoms with Crippen molar-refractivity contribution in [3.63, 3.8) is 0 Å². The monoisotopic (exact) mass is 393 g/mol. The van der Waals surface area contributed by atoms with Crippen molar-refractivity contribution in [2.45, 2.75) is 6.54 Å². The number of hydrogen-bond acceptors (Lipinski definition) is 7. The van der Waals surface area contributed by atoms with Gasteiger partial charge in [-0.1, -0.05) is 23.7 Å². The van der Waals surface area contributed by atoms with E-state index in [1.807, 2.05) is 24.4 Å². The van der Waals surface area contributed by atoms with Crippen molar-refractivity contribution in [2.75, 3.05) is 5.32 Å². The molecule has 0 aliphatic heterocycles. The quantitative estimate of drug-likeness (QED) is 0.473. The molecule has 132 valence electrons. The van der Waals surface area contributed by atoms with Gasteiger partial charge >= 0.3 is 0 Å². The van der Waals surface area contributed by atoms with Gasteiger partial charge in [0.15, 0.2) is 11.5 Å². The van der Waals surface area contributed by atoms with Crippen molar-refractivity contribution >= 4 is 50.8 Å². The summed E-state index contributed by atoms with van der Waals surface area (Å²) in [5.41, 5.74) is 5.86. The normalized spacial score (nSPS) is 11.3. The van der Waals surface area contributed by atoms with E-state index in [0.717, 1.165) is 32.6 Å². The van der Waals surface area contributed by atoms with Gasteiger partial charge < -0.3 is 10.3 Å². The van der Waals surface area contributed by atoms with E-state index in [0.29, 0.717) is 23.0 Å². The SMILES string of the molecule is Clc1cccc2cc(CNc3ncnc4nc[nH]c34)c(-c3cncs3)nc12. The van der Waals surface area contributed by atoms with Crippen LogP contribution in [0.5, 0.6) is 0 Å². The van der Waals surface area contributed by atoms with E-state index < -0.39 is 0 Å². The van der Waals surface area contributed by atoms with Crippen LogP contribution in [0.15, 0.2) is 48.6 Å². The molecule has 0 radical (unpaired) electrons. The molecule has 5 rings (SSSR count). The number of pyridine rings is 1. The first kappa shape index (κ1) is 16.1. The first-order valence-electron chi connectivity index (χ1n) is 8.14. The number of aromatic nitrogens is 6. The number of hydrogen-bond donors (Lipinski definition) is 2. The Morgan fingerprint density at radius 1 is 1.19 bits per heavy atom. The van der Waals surface area contributed by atoms with Crippen LogP contribution in [-0.2, 0) is 6.54 Å². The van der Waals surface area contributed by atoms with Crippen LogP contribution in [0.2, 0.25) is 5.02 Å². The van der Waals surface area contributed by atoms with Crippen molar-refractivity contribution in [2.24, 2.45) is 0 Å². The summed E-state index contributed by atoms with van der Waals surface area (Å²) < 4.78 is 0. The first-order valence-corrected chi connectivity index (χ1v) is 9.40. The van der Waals surface area contributed by atoms with Crippen molar-refractivity contribution in [1.29, 1.82) is 0 Å². The maximum Gasteiger partial charge on any atom is 0.182 e. The predicted octanol–water partition coefficient (Wildman–Crippen LogP) is 4.29. The Hall–Kier alpha value is -3.10. The number of imidazole rings is 1. The number of fused-ring (bicyclic) bond motifs is 2. The molecule has 4 heterocycles. The van der Waals surface area contributed by atoms with Crippen molar-refractivity contribution in [1.82, 2.24) is 29.9 Å². The molecule has 2 N–H and O–H groups in total. The number of halogens is 1. The van der Waals surface area contributed by atoms with E-state index in [9.17, 15) is 0 Å². The summed E-state index contributed by atoms with van der Waals surface area (Å²) >= 11 is 7.89. The number of anilines is 1. The fraction of sp³-hybridized carbons (Fsp3) is 0.0556. The highest BCUT2D eigenvalue weighted by Crippen LogP contribution is 2.31. The standard InChI is InChI=1S/C18H12ClN7S/c19-12-3-1-2-10-4-11(15(26-14(10)12)13-6-20-9-27-13)5-21-17-16-18(23-7-22-16)25-8-24-17/h1-4,6-9H,5H2,(H2,21,22,23,24,25). The maximum atomic E-state index is 6.35. The minimum atomic E-state index is 0.536. The molecular weight excluding hydrogens is 382 g/mol. The lowest BCUT2D eigenvalue weighted by atomic mass is 10.1. The minimum Gasteiger partial charge on any atom is -0.364 e.